The quantitative estimate of drug-likeness (QED) is 0.790. The molecule has 0 spiro atoms. The minimum atomic E-state index is -0.322. The SMILES string of the molecule is CN1CCN(CC(O)COCC2CC3CCC2C3)CC1. The monoisotopic (exact) mass is 282 g/mol. The first-order valence-corrected chi connectivity index (χ1v) is 8.37. The maximum Gasteiger partial charge on any atom is 0.0900 e. The van der Waals surface area contributed by atoms with Crippen LogP contribution in [0, 0.1) is 17.8 Å². The predicted octanol–water partition coefficient (Wildman–Crippen LogP) is 1.05. The van der Waals surface area contributed by atoms with Crippen LogP contribution in [-0.2, 0) is 4.74 Å². The second-order valence-electron chi connectivity index (χ2n) is 7.23. The smallest absolute Gasteiger partial charge is 0.0900 e. The number of likely N-dealkylation sites (N-methyl/N-ethyl adjacent to an activating group) is 1. The third-order valence-electron chi connectivity index (χ3n) is 5.59. The van der Waals surface area contributed by atoms with Gasteiger partial charge in [-0.15, -0.1) is 0 Å². The summed E-state index contributed by atoms with van der Waals surface area (Å²) >= 11 is 0. The van der Waals surface area contributed by atoms with Gasteiger partial charge in [-0.05, 0) is 44.1 Å². The number of rotatable bonds is 6. The largest absolute Gasteiger partial charge is 0.389 e. The number of piperazine rings is 1. The van der Waals surface area contributed by atoms with Crippen LogP contribution < -0.4 is 0 Å². The van der Waals surface area contributed by atoms with Crippen molar-refractivity contribution in [3.63, 3.8) is 0 Å². The summed E-state index contributed by atoms with van der Waals surface area (Å²) in [6, 6.07) is 0. The van der Waals surface area contributed by atoms with E-state index < -0.39 is 0 Å². The van der Waals surface area contributed by atoms with Crippen LogP contribution in [0.1, 0.15) is 25.7 Å². The summed E-state index contributed by atoms with van der Waals surface area (Å²) in [5.74, 6) is 2.70. The molecule has 3 fully saturated rings. The Labute approximate surface area is 123 Å². The number of β-amino-alcohol motifs (C(OH)–C–C–N with tert-alkyl or cyclic N) is 1. The van der Waals surface area contributed by atoms with E-state index in [1.807, 2.05) is 0 Å². The van der Waals surface area contributed by atoms with Gasteiger partial charge in [0, 0.05) is 39.3 Å². The van der Waals surface area contributed by atoms with Crippen LogP contribution in [0.15, 0.2) is 0 Å². The highest BCUT2D eigenvalue weighted by atomic mass is 16.5. The second kappa shape index (κ2) is 6.73. The van der Waals surface area contributed by atoms with Crippen LogP contribution >= 0.6 is 0 Å². The number of aliphatic hydroxyl groups is 1. The van der Waals surface area contributed by atoms with E-state index in [1.54, 1.807) is 0 Å². The minimum Gasteiger partial charge on any atom is -0.389 e. The molecule has 4 unspecified atom stereocenters. The molecule has 0 aromatic carbocycles. The first-order valence-electron chi connectivity index (χ1n) is 8.37. The van der Waals surface area contributed by atoms with E-state index in [4.69, 9.17) is 4.74 Å². The molecule has 2 aliphatic carbocycles. The van der Waals surface area contributed by atoms with Crippen LogP contribution in [0.3, 0.4) is 0 Å². The summed E-state index contributed by atoms with van der Waals surface area (Å²) in [4.78, 5) is 4.69. The van der Waals surface area contributed by atoms with Crippen molar-refractivity contribution in [1.29, 1.82) is 0 Å². The molecule has 2 bridgehead atoms. The molecule has 0 aromatic heterocycles. The summed E-state index contributed by atoms with van der Waals surface area (Å²) in [6.45, 7) is 6.52. The summed E-state index contributed by atoms with van der Waals surface area (Å²) in [6.07, 6.45) is 5.37. The molecule has 4 heteroatoms. The molecule has 0 amide bonds. The average Bonchev–Trinajstić information content (AvgIpc) is 3.04. The number of nitrogens with zero attached hydrogens (tertiary/aromatic N) is 2. The van der Waals surface area contributed by atoms with Gasteiger partial charge in [0.25, 0.3) is 0 Å². The molecule has 116 valence electrons. The summed E-state index contributed by atoms with van der Waals surface area (Å²) in [5.41, 5.74) is 0. The number of fused-ring (bicyclic) bond motifs is 2. The standard InChI is InChI=1S/C16H30N2O2/c1-17-4-6-18(7-5-17)10-16(19)12-20-11-15-9-13-2-3-14(15)8-13/h13-16,19H,2-12H2,1H3. The Bertz CT molecular complexity index is 305. The zero-order valence-corrected chi connectivity index (χ0v) is 12.8. The Morgan fingerprint density at radius 2 is 1.95 bits per heavy atom. The number of hydrogen-bond donors (Lipinski definition) is 1. The second-order valence-corrected chi connectivity index (χ2v) is 7.23. The van der Waals surface area contributed by atoms with Crippen LogP contribution in [-0.4, -0.2) is 74.0 Å². The maximum atomic E-state index is 10.1. The summed E-state index contributed by atoms with van der Waals surface area (Å²) in [7, 11) is 2.16. The van der Waals surface area contributed by atoms with E-state index >= 15 is 0 Å². The molecule has 2 saturated carbocycles. The lowest BCUT2D eigenvalue weighted by Gasteiger charge is -2.33. The van der Waals surface area contributed by atoms with E-state index in [2.05, 4.69) is 16.8 Å². The van der Waals surface area contributed by atoms with Crippen molar-refractivity contribution in [2.45, 2.75) is 31.8 Å². The van der Waals surface area contributed by atoms with E-state index in [-0.39, 0.29) is 6.10 Å². The number of ether oxygens (including phenoxy) is 1. The molecule has 1 N–H and O–H groups in total. The normalized spacial score (nSPS) is 36.6. The Balaban J connectivity index is 1.28. The fourth-order valence-electron chi connectivity index (χ4n) is 4.32. The maximum absolute atomic E-state index is 10.1. The molecule has 3 aliphatic rings. The molecule has 4 atom stereocenters. The molecule has 1 aliphatic heterocycles. The third kappa shape index (κ3) is 3.73. The van der Waals surface area contributed by atoms with E-state index in [1.165, 1.54) is 25.7 Å². The van der Waals surface area contributed by atoms with Gasteiger partial charge in [0.05, 0.1) is 12.7 Å². The molecular formula is C16H30N2O2. The highest BCUT2D eigenvalue weighted by molar-refractivity contribution is 4.89. The molecule has 3 rings (SSSR count). The first-order chi connectivity index (χ1) is 9.70. The van der Waals surface area contributed by atoms with Crippen molar-refractivity contribution in [2.75, 3.05) is 53.0 Å². The Kier molecular flexibility index (Phi) is 4.97. The zero-order valence-electron chi connectivity index (χ0n) is 12.8. The van der Waals surface area contributed by atoms with Crippen molar-refractivity contribution in [1.82, 2.24) is 9.80 Å². The van der Waals surface area contributed by atoms with Crippen molar-refractivity contribution in [2.24, 2.45) is 17.8 Å². The van der Waals surface area contributed by atoms with Crippen molar-refractivity contribution < 1.29 is 9.84 Å². The molecule has 1 heterocycles. The fraction of sp³-hybridized carbons (Fsp3) is 1.00. The van der Waals surface area contributed by atoms with Gasteiger partial charge in [0.15, 0.2) is 0 Å². The highest BCUT2D eigenvalue weighted by Gasteiger charge is 2.39. The van der Waals surface area contributed by atoms with Crippen molar-refractivity contribution in [3.05, 3.63) is 0 Å². The van der Waals surface area contributed by atoms with Crippen LogP contribution in [0.25, 0.3) is 0 Å². The summed E-state index contributed by atoms with van der Waals surface area (Å²) in [5, 5.41) is 10.1. The zero-order chi connectivity index (χ0) is 13.9. The van der Waals surface area contributed by atoms with Gasteiger partial charge in [0.2, 0.25) is 0 Å². The van der Waals surface area contributed by atoms with E-state index in [0.717, 1.165) is 57.1 Å². The number of hydrogen-bond acceptors (Lipinski definition) is 4. The average molecular weight is 282 g/mol. The lowest BCUT2D eigenvalue weighted by atomic mass is 9.90. The van der Waals surface area contributed by atoms with Gasteiger partial charge in [-0.3, -0.25) is 4.90 Å². The molecule has 20 heavy (non-hydrogen) atoms. The molecular weight excluding hydrogens is 252 g/mol. The van der Waals surface area contributed by atoms with Gasteiger partial charge >= 0.3 is 0 Å². The molecule has 0 aromatic rings. The van der Waals surface area contributed by atoms with Crippen LogP contribution in [0.4, 0.5) is 0 Å². The first kappa shape index (κ1) is 14.8. The van der Waals surface area contributed by atoms with E-state index in [9.17, 15) is 5.11 Å². The van der Waals surface area contributed by atoms with Gasteiger partial charge < -0.3 is 14.7 Å². The minimum absolute atomic E-state index is 0.322. The highest BCUT2D eigenvalue weighted by Crippen LogP contribution is 2.48. The Morgan fingerprint density at radius 3 is 2.60 bits per heavy atom. The van der Waals surface area contributed by atoms with E-state index in [0.29, 0.717) is 6.61 Å². The van der Waals surface area contributed by atoms with Gasteiger partial charge in [-0.2, -0.15) is 0 Å². The fourth-order valence-corrected chi connectivity index (χ4v) is 4.32. The molecule has 4 nitrogen and oxygen atoms in total. The van der Waals surface area contributed by atoms with Gasteiger partial charge in [-0.25, -0.2) is 0 Å². The summed E-state index contributed by atoms with van der Waals surface area (Å²) < 4.78 is 5.81. The Morgan fingerprint density at radius 1 is 1.15 bits per heavy atom. The van der Waals surface area contributed by atoms with Crippen LogP contribution in [0.2, 0.25) is 0 Å². The number of aliphatic hydroxyl groups excluding tert-OH is 1. The van der Waals surface area contributed by atoms with Gasteiger partial charge in [-0.1, -0.05) is 6.42 Å². The molecule has 1 saturated heterocycles. The van der Waals surface area contributed by atoms with Crippen molar-refractivity contribution >= 4 is 0 Å². The van der Waals surface area contributed by atoms with Crippen molar-refractivity contribution in [3.8, 4) is 0 Å². The lowest BCUT2D eigenvalue weighted by Crippen LogP contribution is -2.47. The van der Waals surface area contributed by atoms with Gasteiger partial charge in [0.1, 0.15) is 0 Å². The Hall–Kier alpha value is -0.160. The lowest BCUT2D eigenvalue weighted by molar-refractivity contribution is -0.00742. The van der Waals surface area contributed by atoms with Crippen LogP contribution in [0.5, 0.6) is 0 Å². The third-order valence-corrected chi connectivity index (χ3v) is 5.59. The predicted molar refractivity (Wildman–Crippen MR) is 79.7 cm³/mol. The topological polar surface area (TPSA) is 35.9 Å². The molecule has 0 radical (unpaired) electrons.